The Kier molecular flexibility index (Phi) is 2.26. The molecular weight excluding hydrogens is 288 g/mol. The van der Waals surface area contributed by atoms with E-state index < -0.39 is 0 Å². The van der Waals surface area contributed by atoms with Gasteiger partial charge >= 0.3 is 0 Å². The third-order valence-corrected chi connectivity index (χ3v) is 3.63. The van der Waals surface area contributed by atoms with Gasteiger partial charge in [0.15, 0.2) is 11.5 Å². The second-order valence-electron chi connectivity index (χ2n) is 3.38. The highest BCUT2D eigenvalue weighted by atomic mass is 79.9. The fraction of sp³-hybridized carbons (Fsp3) is 0.100. The standard InChI is InChI=1S/C10H7BrN4S/c1-5-8(16-4-13-5)10-14-7-2-6(11)3-12-9(7)15-10/h2-4H,1H3,(H,12,14,15). The number of nitrogens with zero attached hydrogens (tertiary/aromatic N) is 3. The predicted molar refractivity (Wildman–Crippen MR) is 67.4 cm³/mol. The molecular formula is C10H7BrN4S. The lowest BCUT2D eigenvalue weighted by Crippen LogP contribution is -1.79. The first kappa shape index (κ1) is 9.92. The van der Waals surface area contributed by atoms with Gasteiger partial charge in [-0.25, -0.2) is 15.0 Å². The van der Waals surface area contributed by atoms with Crippen LogP contribution in [0.1, 0.15) is 5.69 Å². The van der Waals surface area contributed by atoms with Gasteiger partial charge in [0, 0.05) is 10.7 Å². The summed E-state index contributed by atoms with van der Waals surface area (Å²) in [5.74, 6) is 0.834. The summed E-state index contributed by atoms with van der Waals surface area (Å²) in [5, 5.41) is 0. The van der Waals surface area contributed by atoms with Crippen molar-refractivity contribution in [2.75, 3.05) is 0 Å². The van der Waals surface area contributed by atoms with E-state index in [1.54, 1.807) is 17.5 Å². The van der Waals surface area contributed by atoms with Crippen LogP contribution in [-0.2, 0) is 0 Å². The molecule has 16 heavy (non-hydrogen) atoms. The first-order valence-corrected chi connectivity index (χ1v) is 6.33. The van der Waals surface area contributed by atoms with Crippen molar-refractivity contribution in [1.82, 2.24) is 19.9 Å². The average Bonchev–Trinajstić information content (AvgIpc) is 2.82. The SMILES string of the molecule is Cc1ncsc1-c1nc2ncc(Br)cc2[nH]1. The smallest absolute Gasteiger partial charge is 0.178 e. The lowest BCUT2D eigenvalue weighted by molar-refractivity contribution is 1.24. The van der Waals surface area contributed by atoms with Crippen LogP contribution in [0.4, 0.5) is 0 Å². The molecule has 0 spiro atoms. The summed E-state index contributed by atoms with van der Waals surface area (Å²) >= 11 is 4.96. The highest BCUT2D eigenvalue weighted by molar-refractivity contribution is 9.10. The van der Waals surface area contributed by atoms with E-state index in [1.165, 1.54) is 0 Å². The molecule has 0 saturated heterocycles. The summed E-state index contributed by atoms with van der Waals surface area (Å²) in [6.07, 6.45) is 1.74. The summed E-state index contributed by atoms with van der Waals surface area (Å²) in [6.45, 7) is 1.97. The maximum atomic E-state index is 4.44. The molecule has 0 aromatic carbocycles. The second-order valence-corrected chi connectivity index (χ2v) is 5.15. The van der Waals surface area contributed by atoms with Crippen molar-refractivity contribution in [2.24, 2.45) is 0 Å². The molecule has 0 unspecified atom stereocenters. The van der Waals surface area contributed by atoms with E-state index in [9.17, 15) is 0 Å². The van der Waals surface area contributed by atoms with Crippen molar-refractivity contribution in [2.45, 2.75) is 6.92 Å². The number of pyridine rings is 1. The summed E-state index contributed by atoms with van der Waals surface area (Å²) in [4.78, 5) is 17.2. The molecule has 0 bridgehead atoms. The van der Waals surface area contributed by atoms with Gasteiger partial charge in [-0.15, -0.1) is 11.3 Å². The van der Waals surface area contributed by atoms with Crippen molar-refractivity contribution in [3.8, 4) is 10.7 Å². The molecule has 0 aliphatic carbocycles. The van der Waals surface area contributed by atoms with E-state index in [-0.39, 0.29) is 0 Å². The van der Waals surface area contributed by atoms with Gasteiger partial charge in [0.1, 0.15) is 0 Å². The monoisotopic (exact) mass is 294 g/mol. The molecule has 4 nitrogen and oxygen atoms in total. The van der Waals surface area contributed by atoms with Crippen LogP contribution in [0.2, 0.25) is 0 Å². The van der Waals surface area contributed by atoms with Crippen LogP contribution >= 0.6 is 27.3 Å². The van der Waals surface area contributed by atoms with Gasteiger partial charge in [0.2, 0.25) is 0 Å². The number of rotatable bonds is 1. The van der Waals surface area contributed by atoms with E-state index in [0.29, 0.717) is 0 Å². The van der Waals surface area contributed by atoms with Gasteiger partial charge in [0.05, 0.1) is 21.6 Å². The Morgan fingerprint density at radius 2 is 2.25 bits per heavy atom. The van der Waals surface area contributed by atoms with Gasteiger partial charge in [-0.1, -0.05) is 0 Å². The molecule has 80 valence electrons. The first-order chi connectivity index (χ1) is 7.74. The van der Waals surface area contributed by atoms with Crippen LogP contribution in [0.25, 0.3) is 21.9 Å². The lowest BCUT2D eigenvalue weighted by atomic mass is 10.4. The molecule has 0 atom stereocenters. The average molecular weight is 295 g/mol. The number of H-pyrrole nitrogens is 1. The van der Waals surface area contributed by atoms with E-state index >= 15 is 0 Å². The summed E-state index contributed by atoms with van der Waals surface area (Å²) in [5.41, 5.74) is 4.47. The summed E-state index contributed by atoms with van der Waals surface area (Å²) in [6, 6.07) is 1.97. The van der Waals surface area contributed by atoms with Gasteiger partial charge in [-0.3, -0.25) is 0 Å². The normalized spacial score (nSPS) is 11.1. The first-order valence-electron chi connectivity index (χ1n) is 4.66. The Bertz CT molecular complexity index is 658. The van der Waals surface area contributed by atoms with Gasteiger partial charge in [0.25, 0.3) is 0 Å². The number of aromatic nitrogens is 4. The minimum Gasteiger partial charge on any atom is -0.336 e. The molecule has 0 radical (unpaired) electrons. The molecule has 0 amide bonds. The number of imidazole rings is 1. The van der Waals surface area contributed by atoms with Gasteiger partial charge < -0.3 is 4.98 Å². The van der Waals surface area contributed by atoms with Crippen LogP contribution in [-0.4, -0.2) is 19.9 Å². The maximum absolute atomic E-state index is 4.44. The van der Waals surface area contributed by atoms with Crippen LogP contribution in [0.3, 0.4) is 0 Å². The zero-order valence-electron chi connectivity index (χ0n) is 8.36. The molecule has 0 saturated carbocycles. The highest BCUT2D eigenvalue weighted by Gasteiger charge is 2.10. The van der Waals surface area contributed by atoms with Crippen LogP contribution < -0.4 is 0 Å². The molecule has 0 aliphatic rings. The molecule has 0 aliphatic heterocycles. The number of aryl methyl sites for hydroxylation is 1. The number of hydrogen-bond acceptors (Lipinski definition) is 4. The molecule has 3 heterocycles. The largest absolute Gasteiger partial charge is 0.336 e. The van der Waals surface area contributed by atoms with E-state index in [0.717, 1.165) is 32.0 Å². The number of aromatic amines is 1. The van der Waals surface area contributed by atoms with E-state index in [4.69, 9.17) is 0 Å². The maximum Gasteiger partial charge on any atom is 0.178 e. The minimum absolute atomic E-state index is 0.728. The topological polar surface area (TPSA) is 54.5 Å². The Balaban J connectivity index is 2.23. The fourth-order valence-electron chi connectivity index (χ4n) is 1.51. The number of thiazole rings is 1. The lowest BCUT2D eigenvalue weighted by Gasteiger charge is -1.90. The van der Waals surface area contributed by atoms with Crippen molar-refractivity contribution in [3.63, 3.8) is 0 Å². The molecule has 3 aromatic rings. The third-order valence-electron chi connectivity index (χ3n) is 2.26. The molecule has 1 N–H and O–H groups in total. The van der Waals surface area contributed by atoms with Gasteiger partial charge in [-0.2, -0.15) is 0 Å². The zero-order valence-corrected chi connectivity index (χ0v) is 10.8. The zero-order chi connectivity index (χ0) is 11.1. The van der Waals surface area contributed by atoms with Crippen LogP contribution in [0, 0.1) is 6.92 Å². The van der Waals surface area contributed by atoms with Crippen LogP contribution in [0.5, 0.6) is 0 Å². The molecule has 6 heteroatoms. The minimum atomic E-state index is 0.728. The van der Waals surface area contributed by atoms with E-state index in [1.807, 2.05) is 18.5 Å². The van der Waals surface area contributed by atoms with Gasteiger partial charge in [-0.05, 0) is 28.9 Å². The highest BCUT2D eigenvalue weighted by Crippen LogP contribution is 2.26. The number of nitrogens with one attached hydrogen (secondary N) is 1. The number of fused-ring (bicyclic) bond motifs is 1. The Hall–Kier alpha value is -1.27. The van der Waals surface area contributed by atoms with Crippen molar-refractivity contribution in [1.29, 1.82) is 0 Å². The third kappa shape index (κ3) is 1.54. The Morgan fingerprint density at radius 1 is 1.38 bits per heavy atom. The molecule has 3 aromatic heterocycles. The quantitative estimate of drug-likeness (QED) is 0.750. The Morgan fingerprint density at radius 3 is 3.00 bits per heavy atom. The second kappa shape index (κ2) is 3.64. The molecule has 3 rings (SSSR count). The summed E-state index contributed by atoms with van der Waals surface area (Å²) in [7, 11) is 0. The number of hydrogen-bond donors (Lipinski definition) is 1. The van der Waals surface area contributed by atoms with Crippen LogP contribution in [0.15, 0.2) is 22.2 Å². The Labute approximate surface area is 104 Å². The fourth-order valence-corrected chi connectivity index (χ4v) is 2.59. The van der Waals surface area contributed by atoms with E-state index in [2.05, 4.69) is 35.9 Å². The van der Waals surface area contributed by atoms with Crippen molar-refractivity contribution >= 4 is 38.4 Å². The van der Waals surface area contributed by atoms with Crippen molar-refractivity contribution in [3.05, 3.63) is 27.9 Å². The summed E-state index contributed by atoms with van der Waals surface area (Å²) < 4.78 is 0.941. The predicted octanol–water partition coefficient (Wildman–Crippen LogP) is 3.15. The van der Waals surface area contributed by atoms with Crippen molar-refractivity contribution < 1.29 is 0 Å². The number of halogens is 1. The molecule has 0 fully saturated rings.